The Morgan fingerprint density at radius 2 is 2.32 bits per heavy atom. The molecule has 6 heteroatoms. The maximum absolute atomic E-state index is 4.32. The number of hydrogen-bond donors (Lipinski definition) is 2. The maximum atomic E-state index is 4.32. The van der Waals surface area contributed by atoms with E-state index in [0.29, 0.717) is 0 Å². The van der Waals surface area contributed by atoms with Crippen molar-refractivity contribution >= 4 is 28.6 Å². The van der Waals surface area contributed by atoms with Crippen LogP contribution in [0.2, 0.25) is 0 Å². The molecule has 2 rings (SSSR count). The Balaban J connectivity index is 1.71. The zero-order valence-corrected chi connectivity index (χ0v) is 12.8. The molecule has 2 heterocycles. The second kappa shape index (κ2) is 7.25. The highest BCUT2D eigenvalue weighted by Crippen LogP contribution is 2.10. The van der Waals surface area contributed by atoms with Gasteiger partial charge < -0.3 is 10.6 Å². The van der Waals surface area contributed by atoms with Crippen molar-refractivity contribution in [1.29, 1.82) is 0 Å². The van der Waals surface area contributed by atoms with Gasteiger partial charge in [-0.2, -0.15) is 0 Å². The van der Waals surface area contributed by atoms with Crippen LogP contribution in [0.5, 0.6) is 0 Å². The number of hydrogen-bond acceptors (Lipinski definition) is 4. The maximum Gasteiger partial charge on any atom is 0.191 e. The Labute approximate surface area is 121 Å². The molecule has 0 radical (unpaired) electrons. The summed E-state index contributed by atoms with van der Waals surface area (Å²) in [5.41, 5.74) is 0. The summed E-state index contributed by atoms with van der Waals surface area (Å²) in [5, 5.41) is 9.76. The molecule has 2 N–H and O–H groups in total. The highest BCUT2D eigenvalue weighted by Gasteiger charge is 2.01. The number of thiazole rings is 1. The first-order valence-electron chi connectivity index (χ1n) is 6.16. The van der Waals surface area contributed by atoms with Gasteiger partial charge in [-0.25, -0.2) is 4.98 Å². The van der Waals surface area contributed by atoms with E-state index in [2.05, 4.69) is 45.0 Å². The molecule has 0 saturated heterocycles. The molecular weight excluding hydrogens is 276 g/mol. The SMILES string of the molecule is CN=C(NCCc1cccs1)NCc1ncc(C)s1. The molecule has 19 heavy (non-hydrogen) atoms. The van der Waals surface area contributed by atoms with E-state index in [1.807, 2.05) is 6.20 Å². The van der Waals surface area contributed by atoms with Crippen LogP contribution < -0.4 is 10.6 Å². The fraction of sp³-hybridized carbons (Fsp3) is 0.385. The number of guanidine groups is 1. The van der Waals surface area contributed by atoms with Gasteiger partial charge in [0.05, 0.1) is 6.54 Å². The van der Waals surface area contributed by atoms with Crippen molar-refractivity contribution in [3.63, 3.8) is 0 Å². The van der Waals surface area contributed by atoms with Crippen LogP contribution in [0, 0.1) is 6.92 Å². The Hall–Kier alpha value is -1.40. The lowest BCUT2D eigenvalue weighted by Crippen LogP contribution is -2.37. The van der Waals surface area contributed by atoms with Gasteiger partial charge in [-0.1, -0.05) is 6.07 Å². The first-order valence-corrected chi connectivity index (χ1v) is 7.86. The number of aromatic nitrogens is 1. The van der Waals surface area contributed by atoms with E-state index < -0.39 is 0 Å². The first kappa shape index (κ1) is 14.0. The molecule has 0 unspecified atom stereocenters. The molecule has 0 aliphatic carbocycles. The van der Waals surface area contributed by atoms with Gasteiger partial charge in [0, 0.05) is 29.5 Å². The van der Waals surface area contributed by atoms with Crippen LogP contribution in [0.25, 0.3) is 0 Å². The quantitative estimate of drug-likeness (QED) is 0.658. The van der Waals surface area contributed by atoms with Crippen molar-refractivity contribution in [2.75, 3.05) is 13.6 Å². The highest BCUT2D eigenvalue weighted by atomic mass is 32.1. The molecular formula is C13H18N4S2. The van der Waals surface area contributed by atoms with Crippen LogP contribution in [-0.4, -0.2) is 24.5 Å². The molecule has 4 nitrogen and oxygen atoms in total. The van der Waals surface area contributed by atoms with Crippen molar-refractivity contribution in [2.45, 2.75) is 19.9 Å². The summed E-state index contributed by atoms with van der Waals surface area (Å²) in [7, 11) is 1.79. The summed E-state index contributed by atoms with van der Waals surface area (Å²) in [5.74, 6) is 0.824. The normalized spacial score (nSPS) is 11.6. The molecule has 0 aromatic carbocycles. The Morgan fingerprint density at radius 1 is 1.42 bits per heavy atom. The highest BCUT2D eigenvalue weighted by molar-refractivity contribution is 7.11. The molecule has 0 spiro atoms. The third-order valence-electron chi connectivity index (χ3n) is 2.54. The van der Waals surface area contributed by atoms with Crippen LogP contribution in [0.15, 0.2) is 28.7 Å². The van der Waals surface area contributed by atoms with Crippen molar-refractivity contribution in [3.8, 4) is 0 Å². The van der Waals surface area contributed by atoms with Gasteiger partial charge in [-0.05, 0) is 24.8 Å². The summed E-state index contributed by atoms with van der Waals surface area (Å²) >= 11 is 3.49. The number of aryl methyl sites for hydroxylation is 1. The molecule has 0 bridgehead atoms. The Morgan fingerprint density at radius 3 is 2.95 bits per heavy atom. The van der Waals surface area contributed by atoms with Gasteiger partial charge in [-0.15, -0.1) is 22.7 Å². The minimum absolute atomic E-state index is 0.719. The van der Waals surface area contributed by atoms with Crippen molar-refractivity contribution < 1.29 is 0 Å². The predicted octanol–water partition coefficient (Wildman–Crippen LogP) is 2.42. The van der Waals surface area contributed by atoms with Crippen LogP contribution >= 0.6 is 22.7 Å². The van der Waals surface area contributed by atoms with Gasteiger partial charge in [-0.3, -0.25) is 4.99 Å². The van der Waals surface area contributed by atoms with Crippen LogP contribution in [0.1, 0.15) is 14.8 Å². The first-order chi connectivity index (χ1) is 9.28. The number of nitrogens with zero attached hydrogens (tertiary/aromatic N) is 2. The van der Waals surface area contributed by atoms with Crippen molar-refractivity contribution in [2.24, 2.45) is 4.99 Å². The summed E-state index contributed by atoms with van der Waals surface area (Å²) < 4.78 is 0. The third-order valence-corrected chi connectivity index (χ3v) is 4.39. The monoisotopic (exact) mass is 294 g/mol. The van der Waals surface area contributed by atoms with Gasteiger partial charge in [0.15, 0.2) is 5.96 Å². The third kappa shape index (κ3) is 4.65. The van der Waals surface area contributed by atoms with Crippen LogP contribution in [-0.2, 0) is 13.0 Å². The van der Waals surface area contributed by atoms with E-state index in [1.54, 1.807) is 29.7 Å². The van der Waals surface area contributed by atoms with E-state index in [4.69, 9.17) is 0 Å². The number of thiophene rings is 1. The van der Waals surface area contributed by atoms with Crippen molar-refractivity contribution in [1.82, 2.24) is 15.6 Å². The van der Waals surface area contributed by atoms with E-state index in [1.165, 1.54) is 9.75 Å². The van der Waals surface area contributed by atoms with Gasteiger partial charge in [0.2, 0.25) is 0 Å². The molecule has 0 atom stereocenters. The zero-order valence-electron chi connectivity index (χ0n) is 11.1. The lowest BCUT2D eigenvalue weighted by atomic mass is 10.3. The Bertz CT molecular complexity index is 516. The van der Waals surface area contributed by atoms with Gasteiger partial charge in [0.25, 0.3) is 0 Å². The van der Waals surface area contributed by atoms with Crippen LogP contribution in [0.4, 0.5) is 0 Å². The largest absolute Gasteiger partial charge is 0.356 e. The van der Waals surface area contributed by atoms with Crippen LogP contribution in [0.3, 0.4) is 0 Å². The van der Waals surface area contributed by atoms with Crippen molar-refractivity contribution in [3.05, 3.63) is 38.5 Å². The summed E-state index contributed by atoms with van der Waals surface area (Å²) in [4.78, 5) is 11.1. The summed E-state index contributed by atoms with van der Waals surface area (Å²) in [6, 6.07) is 4.23. The molecule has 0 amide bonds. The average molecular weight is 294 g/mol. The minimum Gasteiger partial charge on any atom is -0.356 e. The number of nitrogens with one attached hydrogen (secondary N) is 2. The molecule has 102 valence electrons. The fourth-order valence-corrected chi connectivity index (χ4v) is 3.06. The van der Waals surface area contributed by atoms with E-state index in [-0.39, 0.29) is 0 Å². The number of aliphatic imine (C=N–C) groups is 1. The number of rotatable bonds is 5. The standard InChI is InChI=1S/C13H18N4S2/c1-10-8-16-12(19-10)9-17-13(14-2)15-6-5-11-4-3-7-18-11/h3-4,7-8H,5-6,9H2,1-2H3,(H2,14,15,17). The predicted molar refractivity (Wildman–Crippen MR) is 83.1 cm³/mol. The van der Waals surface area contributed by atoms with E-state index >= 15 is 0 Å². The molecule has 0 fully saturated rings. The van der Waals surface area contributed by atoms with E-state index in [0.717, 1.165) is 30.5 Å². The molecule has 0 aliphatic heterocycles. The van der Waals surface area contributed by atoms with Gasteiger partial charge in [0.1, 0.15) is 5.01 Å². The Kier molecular flexibility index (Phi) is 5.35. The lowest BCUT2D eigenvalue weighted by molar-refractivity contribution is 0.796. The molecule has 2 aromatic rings. The fourth-order valence-electron chi connectivity index (χ4n) is 1.62. The second-order valence-electron chi connectivity index (χ2n) is 4.05. The second-order valence-corrected chi connectivity index (χ2v) is 6.40. The lowest BCUT2D eigenvalue weighted by Gasteiger charge is -2.10. The van der Waals surface area contributed by atoms with E-state index in [9.17, 15) is 0 Å². The summed E-state index contributed by atoms with van der Waals surface area (Å²) in [6.45, 7) is 3.67. The smallest absolute Gasteiger partial charge is 0.191 e. The van der Waals surface area contributed by atoms with Gasteiger partial charge >= 0.3 is 0 Å². The minimum atomic E-state index is 0.719. The molecule has 2 aromatic heterocycles. The zero-order chi connectivity index (χ0) is 13.5. The molecule has 0 aliphatic rings. The average Bonchev–Trinajstić information content (AvgIpc) is 3.05. The molecule has 0 saturated carbocycles. The summed E-state index contributed by atoms with van der Waals surface area (Å²) in [6.07, 6.45) is 2.92. The topological polar surface area (TPSA) is 49.3 Å².